The van der Waals surface area contributed by atoms with Crippen molar-refractivity contribution in [3.63, 3.8) is 0 Å². The lowest BCUT2D eigenvalue weighted by atomic mass is 10.2. The van der Waals surface area contributed by atoms with Crippen LogP contribution < -0.4 is 0 Å². The summed E-state index contributed by atoms with van der Waals surface area (Å²) in [5.74, 6) is 0.911. The van der Waals surface area contributed by atoms with Gasteiger partial charge in [0.1, 0.15) is 10.7 Å². The van der Waals surface area contributed by atoms with Crippen LogP contribution >= 0.6 is 11.3 Å². The van der Waals surface area contributed by atoms with E-state index < -0.39 is 0 Å². The van der Waals surface area contributed by atoms with Crippen molar-refractivity contribution in [3.05, 3.63) is 16.3 Å². The van der Waals surface area contributed by atoms with E-state index in [1.54, 1.807) is 15.9 Å². The Morgan fingerprint density at radius 3 is 2.88 bits per heavy atom. The van der Waals surface area contributed by atoms with Crippen LogP contribution in [0.25, 0.3) is 15.9 Å². The molecule has 6 heteroatoms. The van der Waals surface area contributed by atoms with Gasteiger partial charge in [0.2, 0.25) is 0 Å². The molecule has 0 spiro atoms. The molecule has 0 aliphatic rings. The topological polar surface area (TPSA) is 56.0 Å². The lowest BCUT2D eigenvalue weighted by Crippen LogP contribution is -2.01. The van der Waals surface area contributed by atoms with Crippen molar-refractivity contribution >= 4 is 27.2 Å². The lowest BCUT2D eigenvalue weighted by molar-refractivity contribution is 0.761. The average Bonchev–Trinajstić information content (AvgIpc) is 2.84. The summed E-state index contributed by atoms with van der Waals surface area (Å²) in [4.78, 5) is 6.93. The number of fused-ring (bicyclic) bond motifs is 3. The van der Waals surface area contributed by atoms with Gasteiger partial charge in [-0.25, -0.2) is 4.98 Å². The second-order valence-corrected chi connectivity index (χ2v) is 4.96. The Balaban J connectivity index is 2.59. The Kier molecular flexibility index (Phi) is 1.94. The van der Waals surface area contributed by atoms with Crippen LogP contribution in [-0.4, -0.2) is 25.0 Å². The Morgan fingerprint density at radius 1 is 1.31 bits per heavy atom. The molecule has 0 aliphatic carbocycles. The molecule has 0 unspecified atom stereocenters. The predicted molar refractivity (Wildman–Crippen MR) is 62.8 cm³/mol. The first-order chi connectivity index (χ1) is 7.72. The highest BCUT2D eigenvalue weighted by atomic mass is 32.1. The molecule has 0 N–H and O–H groups in total. The molecule has 16 heavy (non-hydrogen) atoms. The molecule has 0 atom stereocenters. The lowest BCUT2D eigenvalue weighted by Gasteiger charge is -2.00. The molecule has 0 saturated carbocycles. The zero-order valence-electron chi connectivity index (χ0n) is 9.35. The van der Waals surface area contributed by atoms with Crippen LogP contribution in [0.3, 0.4) is 0 Å². The number of hydrogen-bond donors (Lipinski definition) is 0. The van der Waals surface area contributed by atoms with E-state index in [1.807, 2.05) is 0 Å². The summed E-state index contributed by atoms with van der Waals surface area (Å²) >= 11 is 1.71. The third-order valence-corrected chi connectivity index (χ3v) is 3.95. The van der Waals surface area contributed by atoms with Gasteiger partial charge in [0.05, 0.1) is 5.39 Å². The maximum Gasteiger partial charge on any atom is 0.191 e. The maximum atomic E-state index is 4.61. The molecular weight excluding hydrogens is 222 g/mol. The van der Waals surface area contributed by atoms with E-state index in [0.29, 0.717) is 0 Å². The summed E-state index contributed by atoms with van der Waals surface area (Å²) in [7, 11) is 0. The second kappa shape index (κ2) is 3.21. The van der Waals surface area contributed by atoms with Gasteiger partial charge >= 0.3 is 0 Å². The smallest absolute Gasteiger partial charge is 0.191 e. The van der Waals surface area contributed by atoms with Crippen LogP contribution in [0, 0.1) is 13.8 Å². The number of aromatic nitrogens is 5. The summed E-state index contributed by atoms with van der Waals surface area (Å²) in [6.45, 7) is 6.26. The van der Waals surface area contributed by atoms with E-state index >= 15 is 0 Å². The van der Waals surface area contributed by atoms with Gasteiger partial charge in [0.25, 0.3) is 0 Å². The van der Waals surface area contributed by atoms with Crippen molar-refractivity contribution in [2.75, 3.05) is 0 Å². The zero-order chi connectivity index (χ0) is 11.3. The molecule has 5 nitrogen and oxygen atoms in total. The van der Waals surface area contributed by atoms with Crippen molar-refractivity contribution in [3.8, 4) is 0 Å². The largest absolute Gasteiger partial charge is 0.222 e. The van der Waals surface area contributed by atoms with Crippen LogP contribution in [0.15, 0.2) is 0 Å². The Labute approximate surface area is 96.1 Å². The van der Waals surface area contributed by atoms with Crippen LogP contribution in [-0.2, 0) is 6.42 Å². The normalized spacial score (nSPS) is 11.7. The average molecular weight is 233 g/mol. The molecule has 3 rings (SSSR count). The number of aryl methyl sites for hydroxylation is 3. The zero-order valence-corrected chi connectivity index (χ0v) is 10.2. The van der Waals surface area contributed by atoms with E-state index in [9.17, 15) is 0 Å². The fraction of sp³-hybridized carbons (Fsp3) is 0.400. The van der Waals surface area contributed by atoms with Gasteiger partial charge in [0.15, 0.2) is 5.65 Å². The van der Waals surface area contributed by atoms with E-state index in [4.69, 9.17) is 0 Å². The third kappa shape index (κ3) is 1.10. The van der Waals surface area contributed by atoms with Crippen molar-refractivity contribution in [1.29, 1.82) is 0 Å². The highest BCUT2D eigenvalue weighted by Gasteiger charge is 2.15. The highest BCUT2D eigenvalue weighted by Crippen LogP contribution is 2.31. The summed E-state index contributed by atoms with van der Waals surface area (Å²) in [6, 6.07) is 0. The summed E-state index contributed by atoms with van der Waals surface area (Å²) in [6.07, 6.45) is 0.827. The summed E-state index contributed by atoms with van der Waals surface area (Å²) in [5.41, 5.74) is 2.05. The standard InChI is InChI=1S/C10H11N5S/c1-4-7-11-10-8(5(2)6(3)16-10)9-12-13-14-15(7)9/h4H2,1-3H3. The maximum absolute atomic E-state index is 4.61. The molecule has 0 fully saturated rings. The van der Waals surface area contributed by atoms with Crippen molar-refractivity contribution in [2.24, 2.45) is 0 Å². The SMILES string of the molecule is CCc1nc2sc(C)c(C)c2c2nnnn12. The van der Waals surface area contributed by atoms with E-state index in [2.05, 4.69) is 41.3 Å². The quantitative estimate of drug-likeness (QED) is 0.644. The van der Waals surface area contributed by atoms with E-state index in [1.165, 1.54) is 10.4 Å². The summed E-state index contributed by atoms with van der Waals surface area (Å²) in [5, 5.41) is 12.9. The fourth-order valence-corrected chi connectivity index (χ4v) is 2.90. The molecular formula is C10H11N5S. The molecule has 0 aromatic carbocycles. The van der Waals surface area contributed by atoms with Gasteiger partial charge in [-0.1, -0.05) is 6.92 Å². The minimum Gasteiger partial charge on any atom is -0.222 e. The minimum absolute atomic E-state index is 0.823. The number of nitrogens with zero attached hydrogens (tertiary/aromatic N) is 5. The van der Waals surface area contributed by atoms with Gasteiger partial charge in [-0.05, 0) is 29.8 Å². The monoisotopic (exact) mass is 233 g/mol. The number of tetrazole rings is 1. The molecule has 0 bridgehead atoms. The molecule has 0 saturated heterocycles. The van der Waals surface area contributed by atoms with Crippen LogP contribution in [0.2, 0.25) is 0 Å². The molecule has 3 heterocycles. The Hall–Kier alpha value is -1.56. The van der Waals surface area contributed by atoms with E-state index in [0.717, 1.165) is 28.1 Å². The second-order valence-electron chi connectivity index (χ2n) is 3.76. The minimum atomic E-state index is 0.823. The van der Waals surface area contributed by atoms with Crippen molar-refractivity contribution < 1.29 is 0 Å². The Morgan fingerprint density at radius 2 is 2.12 bits per heavy atom. The van der Waals surface area contributed by atoms with Crippen LogP contribution in [0.5, 0.6) is 0 Å². The molecule has 0 radical (unpaired) electrons. The van der Waals surface area contributed by atoms with Gasteiger partial charge in [-0.3, -0.25) is 0 Å². The number of thiophene rings is 1. The Bertz CT molecular complexity index is 681. The van der Waals surface area contributed by atoms with Gasteiger partial charge in [-0.2, -0.15) is 4.52 Å². The predicted octanol–water partition coefficient (Wildman–Crippen LogP) is 1.91. The van der Waals surface area contributed by atoms with Gasteiger partial charge in [0, 0.05) is 11.3 Å². The third-order valence-electron chi connectivity index (χ3n) is 2.85. The summed E-state index contributed by atoms with van der Waals surface area (Å²) < 4.78 is 1.74. The molecule has 3 aromatic rings. The number of rotatable bonds is 1. The first-order valence-electron chi connectivity index (χ1n) is 5.19. The highest BCUT2D eigenvalue weighted by molar-refractivity contribution is 7.18. The number of hydrogen-bond acceptors (Lipinski definition) is 5. The fourth-order valence-electron chi connectivity index (χ4n) is 1.86. The molecule has 0 amide bonds. The molecule has 3 aromatic heterocycles. The van der Waals surface area contributed by atoms with Crippen molar-refractivity contribution in [2.45, 2.75) is 27.2 Å². The molecule has 0 aliphatic heterocycles. The van der Waals surface area contributed by atoms with Gasteiger partial charge < -0.3 is 0 Å². The van der Waals surface area contributed by atoms with Crippen LogP contribution in [0.4, 0.5) is 0 Å². The van der Waals surface area contributed by atoms with E-state index in [-0.39, 0.29) is 0 Å². The van der Waals surface area contributed by atoms with Crippen LogP contribution in [0.1, 0.15) is 23.2 Å². The first-order valence-corrected chi connectivity index (χ1v) is 6.00. The van der Waals surface area contributed by atoms with Crippen molar-refractivity contribution in [1.82, 2.24) is 25.0 Å². The van der Waals surface area contributed by atoms with Gasteiger partial charge in [-0.15, -0.1) is 16.4 Å². The molecule has 82 valence electrons. The first kappa shape index (κ1) is 9.65.